The first-order valence-electron chi connectivity index (χ1n) is 8.84. The first-order valence-corrected chi connectivity index (χ1v) is 9.99. The molecular formula is C21H21FN2O3S. The molecule has 1 atom stereocenters. The minimum atomic E-state index is -1.66. The molecule has 3 rings (SSSR count). The van der Waals surface area contributed by atoms with E-state index in [0.717, 1.165) is 0 Å². The van der Waals surface area contributed by atoms with Crippen molar-refractivity contribution in [2.24, 2.45) is 5.16 Å². The number of fused-ring (bicyclic) bond motifs is 1. The standard InChI is InChI=1S/C21H21FN2O3S/c1-5-7-11-21(12-8-6-2,28(25)18-14-20(3,4)27-23-18)19-16-13-15(22)9-10-17(16)26-24-19/h9-10,13H,11-12,14H2,1-4H3. The lowest BCUT2D eigenvalue weighted by Gasteiger charge is -2.27. The summed E-state index contributed by atoms with van der Waals surface area (Å²) in [4.78, 5) is 5.42. The number of nitrogens with zero attached hydrogens (tertiary/aromatic N) is 2. The molecule has 5 nitrogen and oxygen atoms in total. The quantitative estimate of drug-likeness (QED) is 0.720. The Morgan fingerprint density at radius 2 is 1.93 bits per heavy atom. The lowest BCUT2D eigenvalue weighted by atomic mass is 9.94. The molecule has 146 valence electrons. The Labute approximate surface area is 166 Å². The van der Waals surface area contributed by atoms with Gasteiger partial charge in [-0.05, 0) is 45.9 Å². The highest BCUT2D eigenvalue weighted by Gasteiger charge is 2.47. The second-order valence-corrected chi connectivity index (χ2v) is 8.94. The topological polar surface area (TPSA) is 64.7 Å². The van der Waals surface area contributed by atoms with E-state index in [0.29, 0.717) is 28.1 Å². The van der Waals surface area contributed by atoms with Crippen molar-refractivity contribution in [2.45, 2.75) is 57.3 Å². The third-order valence-electron chi connectivity index (χ3n) is 4.51. The molecule has 0 fully saturated rings. The van der Waals surface area contributed by atoms with Crippen LogP contribution in [-0.4, -0.2) is 20.0 Å². The van der Waals surface area contributed by atoms with Crippen molar-refractivity contribution in [1.29, 1.82) is 0 Å². The summed E-state index contributed by atoms with van der Waals surface area (Å²) in [6.45, 7) is 7.17. The van der Waals surface area contributed by atoms with E-state index in [1.54, 1.807) is 13.8 Å². The van der Waals surface area contributed by atoms with Crippen LogP contribution in [0.3, 0.4) is 0 Å². The molecule has 1 aromatic carbocycles. The van der Waals surface area contributed by atoms with Gasteiger partial charge in [0, 0.05) is 24.6 Å². The van der Waals surface area contributed by atoms with Crippen LogP contribution in [0, 0.1) is 29.5 Å². The maximum Gasteiger partial charge on any atom is 0.167 e. The second kappa shape index (κ2) is 7.77. The molecule has 0 radical (unpaired) electrons. The number of hydrogen-bond donors (Lipinski definition) is 0. The van der Waals surface area contributed by atoms with Crippen LogP contribution in [0.15, 0.2) is 27.9 Å². The van der Waals surface area contributed by atoms with Gasteiger partial charge in [0.2, 0.25) is 0 Å². The summed E-state index contributed by atoms with van der Waals surface area (Å²) in [5.41, 5.74) is 0.247. The average Bonchev–Trinajstić information content (AvgIpc) is 3.24. The first kappa shape index (κ1) is 20.1. The molecule has 0 bridgehead atoms. The highest BCUT2D eigenvalue weighted by Crippen LogP contribution is 2.41. The zero-order valence-corrected chi connectivity index (χ0v) is 17.1. The van der Waals surface area contributed by atoms with Crippen molar-refractivity contribution < 1.29 is 18.0 Å². The Bertz CT molecular complexity index is 1060. The van der Waals surface area contributed by atoms with Gasteiger partial charge >= 0.3 is 0 Å². The van der Waals surface area contributed by atoms with Gasteiger partial charge in [0.05, 0.1) is 10.8 Å². The summed E-state index contributed by atoms with van der Waals surface area (Å²) >= 11 is 0. The smallest absolute Gasteiger partial charge is 0.167 e. The van der Waals surface area contributed by atoms with Crippen LogP contribution < -0.4 is 0 Å². The lowest BCUT2D eigenvalue weighted by Crippen LogP contribution is -2.36. The molecule has 1 aliphatic heterocycles. The molecule has 0 amide bonds. The Kier molecular flexibility index (Phi) is 5.58. The Morgan fingerprint density at radius 3 is 2.50 bits per heavy atom. The summed E-state index contributed by atoms with van der Waals surface area (Å²) in [7, 11) is -1.66. The van der Waals surface area contributed by atoms with Crippen LogP contribution in [0.1, 0.15) is 52.7 Å². The predicted octanol–water partition coefficient (Wildman–Crippen LogP) is 4.25. The number of aromatic nitrogens is 1. The minimum Gasteiger partial charge on any atom is -0.389 e. The number of oxime groups is 1. The average molecular weight is 400 g/mol. The second-order valence-electron chi connectivity index (χ2n) is 7.15. The van der Waals surface area contributed by atoms with E-state index in [4.69, 9.17) is 9.36 Å². The summed E-state index contributed by atoms with van der Waals surface area (Å²) in [6.07, 6.45) is 0.829. The first-order chi connectivity index (χ1) is 13.3. The van der Waals surface area contributed by atoms with Gasteiger partial charge in [0.15, 0.2) is 5.58 Å². The maximum absolute atomic E-state index is 13.9. The Balaban J connectivity index is 2.22. The largest absolute Gasteiger partial charge is 0.389 e. The summed E-state index contributed by atoms with van der Waals surface area (Å²) in [6, 6.07) is 4.14. The fraction of sp³-hybridized carbons (Fsp3) is 0.429. The molecule has 0 saturated carbocycles. The molecule has 28 heavy (non-hydrogen) atoms. The van der Waals surface area contributed by atoms with Crippen molar-refractivity contribution >= 4 is 26.8 Å². The highest BCUT2D eigenvalue weighted by atomic mass is 32.2. The summed E-state index contributed by atoms with van der Waals surface area (Å²) < 4.78 is 32.0. The van der Waals surface area contributed by atoms with Gasteiger partial charge in [-0.1, -0.05) is 10.3 Å². The molecule has 0 aliphatic carbocycles. The molecule has 1 aromatic heterocycles. The van der Waals surface area contributed by atoms with Crippen LogP contribution in [0.2, 0.25) is 0 Å². The van der Waals surface area contributed by atoms with Crippen LogP contribution >= 0.6 is 0 Å². The number of hydrogen-bond acceptors (Lipinski definition) is 5. The van der Waals surface area contributed by atoms with E-state index in [1.807, 2.05) is 13.8 Å². The summed E-state index contributed by atoms with van der Waals surface area (Å²) in [5, 5.41) is 9.11. The molecule has 1 aliphatic rings. The van der Waals surface area contributed by atoms with Crippen LogP contribution in [0.5, 0.6) is 0 Å². The van der Waals surface area contributed by atoms with E-state index >= 15 is 0 Å². The van der Waals surface area contributed by atoms with E-state index in [1.165, 1.54) is 18.2 Å². The van der Waals surface area contributed by atoms with Gasteiger partial charge in [-0.3, -0.25) is 4.21 Å². The molecule has 0 N–H and O–H groups in total. The Hall–Kier alpha value is -2.64. The van der Waals surface area contributed by atoms with E-state index < -0.39 is 27.0 Å². The van der Waals surface area contributed by atoms with Gasteiger partial charge in [0.1, 0.15) is 26.9 Å². The van der Waals surface area contributed by atoms with E-state index in [-0.39, 0.29) is 12.8 Å². The monoisotopic (exact) mass is 400 g/mol. The van der Waals surface area contributed by atoms with Crippen molar-refractivity contribution in [1.82, 2.24) is 5.16 Å². The third-order valence-corrected chi connectivity index (χ3v) is 6.34. The normalized spacial score (nSPS) is 16.4. The zero-order valence-electron chi connectivity index (χ0n) is 16.3. The predicted molar refractivity (Wildman–Crippen MR) is 107 cm³/mol. The van der Waals surface area contributed by atoms with Gasteiger partial charge in [-0.25, -0.2) is 4.39 Å². The van der Waals surface area contributed by atoms with Crippen molar-refractivity contribution in [3.63, 3.8) is 0 Å². The SMILES string of the molecule is CC#CCC(CC#CC)(c1noc2ccc(F)cc12)S(=O)C1=NOC(C)(C)C1. The van der Waals surface area contributed by atoms with E-state index in [2.05, 4.69) is 34.0 Å². The van der Waals surface area contributed by atoms with Gasteiger partial charge in [-0.2, -0.15) is 0 Å². The summed E-state index contributed by atoms with van der Waals surface area (Å²) in [5.74, 6) is 11.3. The number of halogens is 1. The van der Waals surface area contributed by atoms with Crippen LogP contribution in [0.4, 0.5) is 4.39 Å². The molecule has 2 heterocycles. The number of rotatable bonds is 4. The lowest BCUT2D eigenvalue weighted by molar-refractivity contribution is 0.0123. The number of benzene rings is 1. The highest BCUT2D eigenvalue weighted by molar-refractivity contribution is 8.01. The van der Waals surface area contributed by atoms with E-state index in [9.17, 15) is 8.60 Å². The van der Waals surface area contributed by atoms with Crippen molar-refractivity contribution in [2.75, 3.05) is 0 Å². The zero-order chi connectivity index (χ0) is 20.4. The van der Waals surface area contributed by atoms with Gasteiger partial charge in [0.25, 0.3) is 0 Å². The molecule has 2 aromatic rings. The van der Waals surface area contributed by atoms with Gasteiger partial charge < -0.3 is 9.36 Å². The van der Waals surface area contributed by atoms with Gasteiger partial charge in [-0.15, -0.1) is 23.7 Å². The van der Waals surface area contributed by atoms with Crippen molar-refractivity contribution in [3.05, 3.63) is 29.7 Å². The maximum atomic E-state index is 13.9. The molecule has 0 saturated heterocycles. The minimum absolute atomic E-state index is 0.211. The molecule has 1 unspecified atom stereocenters. The van der Waals surface area contributed by atoms with Crippen LogP contribution in [-0.2, 0) is 20.4 Å². The fourth-order valence-corrected chi connectivity index (χ4v) is 4.84. The fourth-order valence-electron chi connectivity index (χ4n) is 3.08. The van der Waals surface area contributed by atoms with Crippen molar-refractivity contribution in [3.8, 4) is 23.7 Å². The Morgan fingerprint density at radius 1 is 1.25 bits per heavy atom. The molecule has 7 heteroatoms. The third kappa shape index (κ3) is 3.68. The molecular weight excluding hydrogens is 379 g/mol. The molecule has 0 spiro atoms. The van der Waals surface area contributed by atoms with Crippen LogP contribution in [0.25, 0.3) is 11.0 Å².